The average Bonchev–Trinajstić information content (AvgIpc) is 2.68. The lowest BCUT2D eigenvalue weighted by atomic mass is 10.1. The van der Waals surface area contributed by atoms with Gasteiger partial charge in [-0.1, -0.05) is 53.4 Å². The number of nitrogens with zero attached hydrogens (tertiary/aromatic N) is 2. The Morgan fingerprint density at radius 2 is 1.15 bits per heavy atom. The summed E-state index contributed by atoms with van der Waals surface area (Å²) in [4.78, 5) is 9.56. The predicted molar refractivity (Wildman–Crippen MR) is 111 cm³/mol. The highest BCUT2D eigenvalue weighted by Crippen LogP contribution is 2.16. The third-order valence-electron chi connectivity index (χ3n) is 4.86. The van der Waals surface area contributed by atoms with Crippen molar-refractivity contribution in [2.75, 3.05) is 26.2 Å². The van der Waals surface area contributed by atoms with Crippen molar-refractivity contribution in [3.63, 3.8) is 0 Å². The summed E-state index contributed by atoms with van der Waals surface area (Å²) in [5.74, 6) is 0. The first kappa shape index (κ1) is 24.6. The van der Waals surface area contributed by atoms with Gasteiger partial charge in [-0.2, -0.15) is 0 Å². The molecule has 0 aliphatic heterocycles. The number of hydrogen-bond acceptors (Lipinski definition) is 2. The number of unbranched alkanes of at least 4 members (excludes halogenated alkanes) is 4. The second-order valence-corrected chi connectivity index (χ2v) is 7.17. The van der Waals surface area contributed by atoms with Crippen LogP contribution in [0.4, 0.5) is 5.69 Å². The van der Waals surface area contributed by atoms with Gasteiger partial charge in [0.2, 0.25) is 0 Å². The molecule has 26 heavy (non-hydrogen) atoms. The van der Waals surface area contributed by atoms with Gasteiger partial charge in [-0.25, -0.2) is 0 Å². The first-order valence-electron chi connectivity index (χ1n) is 10.5. The molecule has 4 nitrogen and oxygen atoms in total. The molecule has 0 spiro atoms. The predicted octanol–water partition coefficient (Wildman–Crippen LogP) is 6.40. The zero-order chi connectivity index (χ0) is 19.7. The monoisotopic (exact) mass is 364 g/mol. The molecule has 1 rings (SSSR count). The van der Waals surface area contributed by atoms with Gasteiger partial charge in [0.15, 0.2) is 0 Å². The molecule has 1 radical (unpaired) electrons. The van der Waals surface area contributed by atoms with E-state index in [1.165, 1.54) is 106 Å². The molecule has 0 aliphatic rings. The summed E-state index contributed by atoms with van der Waals surface area (Å²) in [7, 11) is 0. The lowest BCUT2D eigenvalue weighted by molar-refractivity contribution is -0.929. The molecule has 0 unspecified atom stereocenters. The topological polar surface area (TPSA) is 43.1 Å². The number of quaternary nitrogens is 1. The third-order valence-corrected chi connectivity index (χ3v) is 4.86. The summed E-state index contributed by atoms with van der Waals surface area (Å²) in [6, 6.07) is 8.51. The molecule has 0 saturated carbocycles. The van der Waals surface area contributed by atoms with E-state index in [2.05, 4.69) is 33.8 Å². The first-order valence-corrected chi connectivity index (χ1v) is 10.5. The van der Waals surface area contributed by atoms with Crippen LogP contribution in [0.1, 0.15) is 79.1 Å². The Hall–Kier alpha value is -1.42. The SMILES string of the molecule is CCCC[N+](CCCC)(CCCC)CCCC.O=[N+]([O-])c1cc[c]cc1. The van der Waals surface area contributed by atoms with Crippen molar-refractivity contribution in [3.05, 3.63) is 40.4 Å². The standard InChI is InChI=1S/C16H36N.C6H4NO2/c1-5-9-13-17(14-10-6-2,15-11-7-3)16-12-8-4;8-7(9)6-4-2-1-3-5-6/h5-16H2,1-4H3;2-5H/q+1;. The number of hydrogen-bond donors (Lipinski definition) is 0. The van der Waals surface area contributed by atoms with Crippen molar-refractivity contribution in [1.29, 1.82) is 0 Å². The third kappa shape index (κ3) is 11.2. The number of nitro groups is 1. The first-order chi connectivity index (χ1) is 12.5. The van der Waals surface area contributed by atoms with Gasteiger partial charge in [0, 0.05) is 12.1 Å². The highest BCUT2D eigenvalue weighted by molar-refractivity contribution is 5.27. The maximum atomic E-state index is 9.99. The fourth-order valence-corrected chi connectivity index (χ4v) is 3.14. The summed E-state index contributed by atoms with van der Waals surface area (Å²) < 4.78 is 1.42. The Kier molecular flexibility index (Phi) is 14.9. The molecule has 4 heteroatoms. The van der Waals surface area contributed by atoms with Crippen molar-refractivity contribution < 1.29 is 9.41 Å². The van der Waals surface area contributed by atoms with Crippen molar-refractivity contribution in [2.24, 2.45) is 0 Å². The van der Waals surface area contributed by atoms with Crippen molar-refractivity contribution in [2.45, 2.75) is 79.1 Å². The molecular weight excluding hydrogens is 324 g/mol. The molecule has 0 bridgehead atoms. The van der Waals surface area contributed by atoms with Crippen LogP contribution in [0.25, 0.3) is 0 Å². The van der Waals surface area contributed by atoms with Crippen LogP contribution >= 0.6 is 0 Å². The lowest BCUT2D eigenvalue weighted by Crippen LogP contribution is -2.50. The molecule has 1 aromatic carbocycles. The molecule has 0 N–H and O–H groups in total. The average molecular weight is 365 g/mol. The van der Waals surface area contributed by atoms with Gasteiger partial charge in [0.25, 0.3) is 5.69 Å². The van der Waals surface area contributed by atoms with E-state index >= 15 is 0 Å². The minimum absolute atomic E-state index is 0.105. The van der Waals surface area contributed by atoms with Crippen molar-refractivity contribution >= 4 is 5.69 Å². The second-order valence-electron chi connectivity index (χ2n) is 7.17. The summed E-state index contributed by atoms with van der Waals surface area (Å²) in [6.07, 6.45) is 11.1. The zero-order valence-corrected chi connectivity index (χ0v) is 17.5. The van der Waals surface area contributed by atoms with Gasteiger partial charge in [-0.3, -0.25) is 10.1 Å². The number of non-ortho nitro benzene ring substituents is 1. The van der Waals surface area contributed by atoms with E-state index < -0.39 is 4.92 Å². The highest BCUT2D eigenvalue weighted by Gasteiger charge is 2.24. The number of benzene rings is 1. The van der Waals surface area contributed by atoms with Crippen LogP contribution in [-0.4, -0.2) is 35.6 Å². The van der Waals surface area contributed by atoms with E-state index in [1.807, 2.05) is 0 Å². The molecule has 0 saturated heterocycles. The van der Waals surface area contributed by atoms with E-state index in [0.717, 1.165) is 0 Å². The molecule has 149 valence electrons. The fourth-order valence-electron chi connectivity index (χ4n) is 3.14. The van der Waals surface area contributed by atoms with E-state index in [1.54, 1.807) is 0 Å². The normalized spacial score (nSPS) is 10.9. The molecule has 0 fully saturated rings. The van der Waals surface area contributed by atoms with Crippen molar-refractivity contribution in [3.8, 4) is 0 Å². The maximum Gasteiger partial charge on any atom is 0.269 e. The fraction of sp³-hybridized carbons (Fsp3) is 0.727. The van der Waals surface area contributed by atoms with Gasteiger partial charge >= 0.3 is 0 Å². The van der Waals surface area contributed by atoms with Gasteiger partial charge < -0.3 is 4.48 Å². The van der Waals surface area contributed by atoms with E-state index in [4.69, 9.17) is 0 Å². The smallest absolute Gasteiger partial charge is 0.269 e. The molecule has 0 heterocycles. The Morgan fingerprint density at radius 3 is 1.38 bits per heavy atom. The Bertz CT molecular complexity index is 411. The van der Waals surface area contributed by atoms with Gasteiger partial charge in [-0.15, -0.1) is 0 Å². The zero-order valence-electron chi connectivity index (χ0n) is 17.5. The molecule has 0 atom stereocenters. The Labute approximate surface area is 161 Å². The summed E-state index contributed by atoms with van der Waals surface area (Å²) in [5, 5.41) is 9.99. The van der Waals surface area contributed by atoms with Gasteiger partial charge in [0.05, 0.1) is 31.1 Å². The lowest BCUT2D eigenvalue weighted by Gasteiger charge is -2.39. The van der Waals surface area contributed by atoms with Crippen LogP contribution in [0.3, 0.4) is 0 Å². The molecule has 0 aliphatic carbocycles. The van der Waals surface area contributed by atoms with Crippen molar-refractivity contribution in [1.82, 2.24) is 0 Å². The quantitative estimate of drug-likeness (QED) is 0.231. The van der Waals surface area contributed by atoms with Crippen LogP contribution < -0.4 is 0 Å². The molecule has 1 aromatic rings. The van der Waals surface area contributed by atoms with E-state index in [0.29, 0.717) is 0 Å². The summed E-state index contributed by atoms with van der Waals surface area (Å²) in [6.45, 7) is 15.0. The molecule has 0 amide bonds. The summed E-state index contributed by atoms with van der Waals surface area (Å²) >= 11 is 0. The Morgan fingerprint density at radius 1 is 0.808 bits per heavy atom. The molecular formula is C22H40N2O2+. The van der Waals surface area contributed by atoms with Gasteiger partial charge in [-0.05, 0) is 43.9 Å². The van der Waals surface area contributed by atoms with E-state index in [9.17, 15) is 10.1 Å². The largest absolute Gasteiger partial charge is 0.324 e. The van der Waals surface area contributed by atoms with Crippen LogP contribution in [0.15, 0.2) is 24.3 Å². The van der Waals surface area contributed by atoms with Crippen LogP contribution in [0, 0.1) is 16.2 Å². The van der Waals surface area contributed by atoms with Crippen LogP contribution in [-0.2, 0) is 0 Å². The molecule has 0 aromatic heterocycles. The Balaban J connectivity index is 0.000000577. The second kappa shape index (κ2) is 15.8. The van der Waals surface area contributed by atoms with Crippen LogP contribution in [0.5, 0.6) is 0 Å². The summed E-state index contributed by atoms with van der Waals surface area (Å²) in [5.41, 5.74) is 0.105. The van der Waals surface area contributed by atoms with Crippen LogP contribution in [0.2, 0.25) is 0 Å². The number of rotatable bonds is 13. The van der Waals surface area contributed by atoms with E-state index in [-0.39, 0.29) is 5.69 Å². The maximum absolute atomic E-state index is 9.99. The van der Waals surface area contributed by atoms with Gasteiger partial charge in [0.1, 0.15) is 0 Å². The highest BCUT2D eigenvalue weighted by atomic mass is 16.6. The minimum atomic E-state index is -0.437. The number of nitro benzene ring substituents is 1. The minimum Gasteiger partial charge on any atom is -0.324 e.